The molecule has 45 heavy (non-hydrogen) atoms. The maximum absolute atomic E-state index is 4.40. The van der Waals surface area contributed by atoms with E-state index in [2.05, 4.69) is 170 Å². The van der Waals surface area contributed by atoms with Crippen molar-refractivity contribution in [3.63, 3.8) is 0 Å². The second-order valence-electron chi connectivity index (χ2n) is 12.0. The van der Waals surface area contributed by atoms with Crippen LogP contribution in [0, 0.1) is 0 Å². The lowest BCUT2D eigenvalue weighted by molar-refractivity contribution is 0.824. The molecule has 0 saturated carbocycles. The van der Waals surface area contributed by atoms with Gasteiger partial charge in [0.25, 0.3) is 0 Å². The van der Waals surface area contributed by atoms with Gasteiger partial charge in [0, 0.05) is 10.8 Å². The van der Waals surface area contributed by atoms with Crippen molar-refractivity contribution in [3.8, 4) is 11.1 Å². The topological polar surface area (TPSA) is 0 Å². The molecule has 0 aromatic heterocycles. The minimum atomic E-state index is -0.0833. The highest BCUT2D eigenvalue weighted by atomic mass is 32.2. The second kappa shape index (κ2) is 11.5. The SMILES string of the molecule is C=S(C)c1ccc(-c2c3ccccc3c(C(Cc3cccc4ccccc34)c3ccccc3)c3ccccc23)c2ccccc12. The van der Waals surface area contributed by atoms with Gasteiger partial charge in [-0.2, -0.15) is 10.5 Å². The van der Waals surface area contributed by atoms with Crippen molar-refractivity contribution < 1.29 is 0 Å². The molecule has 8 rings (SSSR count). The summed E-state index contributed by atoms with van der Waals surface area (Å²) in [5, 5.41) is 10.4. The highest BCUT2D eigenvalue weighted by Crippen LogP contribution is 2.47. The van der Waals surface area contributed by atoms with Gasteiger partial charge in [-0.05, 0) is 89.7 Å². The summed E-state index contributed by atoms with van der Waals surface area (Å²) in [5.74, 6) is 4.58. The van der Waals surface area contributed by atoms with E-state index >= 15 is 0 Å². The van der Waals surface area contributed by atoms with Gasteiger partial charge in [0.05, 0.1) is 0 Å². The Labute approximate surface area is 267 Å². The van der Waals surface area contributed by atoms with Gasteiger partial charge in [0.2, 0.25) is 0 Å². The first-order valence-corrected chi connectivity index (χ1v) is 17.4. The Kier molecular flexibility index (Phi) is 7.05. The third kappa shape index (κ3) is 4.76. The molecule has 0 radical (unpaired) electrons. The highest BCUT2D eigenvalue weighted by Gasteiger charge is 2.24. The molecule has 0 saturated heterocycles. The standard InChI is InChI=1S/C44H34S/c1-45(2)42-28-27-40(34-21-8-9-22-35(34)42)43-36-23-10-12-25-38(36)44(39-26-13-11-24-37(39)43)41(31-15-4-3-5-16-31)29-32-19-14-18-30-17-6-7-20-33(30)32/h3-28,41H,1,29H2,2H3. The van der Waals surface area contributed by atoms with Gasteiger partial charge in [-0.15, -0.1) is 0 Å². The van der Waals surface area contributed by atoms with Crippen LogP contribution in [0.3, 0.4) is 0 Å². The average Bonchev–Trinajstić information content (AvgIpc) is 3.10. The molecule has 216 valence electrons. The quantitative estimate of drug-likeness (QED) is 0.133. The molecule has 0 spiro atoms. The first-order valence-electron chi connectivity index (χ1n) is 15.6. The zero-order valence-electron chi connectivity index (χ0n) is 25.4. The van der Waals surface area contributed by atoms with Crippen LogP contribution in [0.25, 0.3) is 54.2 Å². The van der Waals surface area contributed by atoms with E-state index in [0.717, 1.165) is 6.42 Å². The smallest absolute Gasteiger partial charge is 0.0142 e. The summed E-state index contributed by atoms with van der Waals surface area (Å²) in [7, 11) is -0.0833. The van der Waals surface area contributed by atoms with Crippen LogP contribution in [0.4, 0.5) is 0 Å². The monoisotopic (exact) mass is 594 g/mol. The van der Waals surface area contributed by atoms with Crippen LogP contribution in [0.5, 0.6) is 0 Å². The molecule has 1 heteroatoms. The Morgan fingerprint density at radius 3 is 1.69 bits per heavy atom. The van der Waals surface area contributed by atoms with Crippen molar-refractivity contribution in [2.75, 3.05) is 6.26 Å². The number of rotatable bonds is 6. The largest absolute Gasteiger partial charge is 0.165 e. The third-order valence-electron chi connectivity index (χ3n) is 9.36. The van der Waals surface area contributed by atoms with E-state index in [0.29, 0.717) is 0 Å². The fourth-order valence-corrected chi connectivity index (χ4v) is 8.24. The first-order chi connectivity index (χ1) is 22.2. The summed E-state index contributed by atoms with van der Waals surface area (Å²) in [6.45, 7) is 0. The molecule has 0 aliphatic heterocycles. The van der Waals surface area contributed by atoms with Crippen molar-refractivity contribution in [1.82, 2.24) is 0 Å². The molecule has 8 aromatic rings. The van der Waals surface area contributed by atoms with Gasteiger partial charge in [-0.1, -0.05) is 158 Å². The fourth-order valence-electron chi connectivity index (χ4n) is 7.38. The van der Waals surface area contributed by atoms with E-state index in [9.17, 15) is 0 Å². The van der Waals surface area contributed by atoms with Crippen LogP contribution < -0.4 is 0 Å². The molecule has 0 heterocycles. The zero-order valence-corrected chi connectivity index (χ0v) is 26.2. The van der Waals surface area contributed by atoms with E-state index < -0.39 is 0 Å². The van der Waals surface area contributed by atoms with Gasteiger partial charge in [-0.25, -0.2) is 0 Å². The van der Waals surface area contributed by atoms with Crippen molar-refractivity contribution >= 4 is 59.4 Å². The Hall–Kier alpha value is -4.98. The zero-order chi connectivity index (χ0) is 30.3. The van der Waals surface area contributed by atoms with Crippen molar-refractivity contribution in [1.29, 1.82) is 0 Å². The fraction of sp³-hybridized carbons (Fsp3) is 0.0682. The highest BCUT2D eigenvalue weighted by molar-refractivity contribution is 8.13. The van der Waals surface area contributed by atoms with Crippen LogP contribution in [0.15, 0.2) is 163 Å². The molecule has 0 fully saturated rings. The van der Waals surface area contributed by atoms with E-state index in [-0.39, 0.29) is 16.4 Å². The Morgan fingerprint density at radius 2 is 1.02 bits per heavy atom. The van der Waals surface area contributed by atoms with Crippen LogP contribution in [-0.4, -0.2) is 12.1 Å². The lowest BCUT2D eigenvalue weighted by atomic mass is 9.78. The number of hydrogen-bond donors (Lipinski definition) is 0. The molecule has 2 unspecified atom stereocenters. The van der Waals surface area contributed by atoms with Gasteiger partial charge in [0.15, 0.2) is 0 Å². The molecule has 0 amide bonds. The van der Waals surface area contributed by atoms with Gasteiger partial charge in [-0.3, -0.25) is 0 Å². The van der Waals surface area contributed by atoms with Crippen LogP contribution >= 0.6 is 10.5 Å². The molecule has 0 aliphatic carbocycles. The summed E-state index contributed by atoms with van der Waals surface area (Å²) in [6, 6.07) is 58.3. The van der Waals surface area contributed by atoms with Crippen molar-refractivity contribution in [2.24, 2.45) is 0 Å². The molecule has 0 aliphatic rings. The molecule has 0 nitrogen and oxygen atoms in total. The molecule has 2 atom stereocenters. The number of fused-ring (bicyclic) bond motifs is 4. The third-order valence-corrected chi connectivity index (χ3v) is 10.5. The first kappa shape index (κ1) is 27.6. The van der Waals surface area contributed by atoms with E-state index in [1.807, 2.05) is 0 Å². The van der Waals surface area contributed by atoms with E-state index in [1.165, 1.54) is 75.8 Å². The minimum absolute atomic E-state index is 0.0833. The van der Waals surface area contributed by atoms with E-state index in [1.54, 1.807) is 0 Å². The molecule has 8 aromatic carbocycles. The minimum Gasteiger partial charge on any atom is -0.165 e. The predicted octanol–water partition coefficient (Wildman–Crippen LogP) is 12.0. The summed E-state index contributed by atoms with van der Waals surface area (Å²) in [4.78, 5) is 1.32. The molecular weight excluding hydrogens is 561 g/mol. The van der Waals surface area contributed by atoms with Crippen LogP contribution in [-0.2, 0) is 6.42 Å². The Morgan fingerprint density at radius 1 is 0.489 bits per heavy atom. The average molecular weight is 595 g/mol. The summed E-state index contributed by atoms with van der Waals surface area (Å²) in [5.41, 5.74) is 6.71. The summed E-state index contributed by atoms with van der Waals surface area (Å²) in [6.07, 6.45) is 3.12. The van der Waals surface area contributed by atoms with Gasteiger partial charge >= 0.3 is 0 Å². The predicted molar refractivity (Wildman–Crippen MR) is 199 cm³/mol. The molecule has 0 N–H and O–H groups in total. The lowest BCUT2D eigenvalue weighted by Gasteiger charge is -2.25. The number of benzene rings is 8. The maximum Gasteiger partial charge on any atom is 0.0142 e. The maximum atomic E-state index is 4.40. The molecule has 0 bridgehead atoms. The number of hydrogen-bond acceptors (Lipinski definition) is 0. The normalized spacial score (nSPS) is 13.0. The van der Waals surface area contributed by atoms with Gasteiger partial charge in [0.1, 0.15) is 0 Å². The van der Waals surface area contributed by atoms with E-state index in [4.69, 9.17) is 0 Å². The second-order valence-corrected chi connectivity index (χ2v) is 13.7. The molecular formula is C44H34S. The van der Waals surface area contributed by atoms with Crippen LogP contribution in [0.1, 0.15) is 22.6 Å². The Balaban J connectivity index is 1.46. The van der Waals surface area contributed by atoms with Gasteiger partial charge < -0.3 is 0 Å². The summed E-state index contributed by atoms with van der Waals surface area (Å²) < 4.78 is 0. The summed E-state index contributed by atoms with van der Waals surface area (Å²) >= 11 is 0. The van der Waals surface area contributed by atoms with Crippen LogP contribution in [0.2, 0.25) is 0 Å². The van der Waals surface area contributed by atoms with Crippen molar-refractivity contribution in [3.05, 3.63) is 174 Å². The van der Waals surface area contributed by atoms with Crippen molar-refractivity contribution in [2.45, 2.75) is 17.2 Å². The lowest BCUT2D eigenvalue weighted by Crippen LogP contribution is -2.08. The Bertz CT molecular complexity index is 2320.